The number of nitrogens with zero attached hydrogens (tertiary/aromatic N) is 1. The fraction of sp³-hybridized carbons (Fsp3) is 0.0417. The zero-order chi connectivity index (χ0) is 34.6. The second kappa shape index (κ2) is 11.2. The van der Waals surface area contributed by atoms with Gasteiger partial charge in [0.25, 0.3) is 0 Å². The van der Waals surface area contributed by atoms with E-state index < -0.39 is 8.07 Å². The van der Waals surface area contributed by atoms with Crippen LogP contribution in [-0.4, -0.2) is 8.07 Å². The van der Waals surface area contributed by atoms with Crippen molar-refractivity contribution in [1.29, 1.82) is 0 Å². The smallest absolute Gasteiger partial charge is 0.114 e. The summed E-state index contributed by atoms with van der Waals surface area (Å²) in [5.74, 6) is 0. The van der Waals surface area contributed by atoms with Crippen molar-refractivity contribution in [1.82, 2.24) is 0 Å². The first-order valence-corrected chi connectivity index (χ1v) is 22.6. The van der Waals surface area contributed by atoms with Gasteiger partial charge >= 0.3 is 0 Å². The molecule has 0 spiro atoms. The average molecular weight is 716 g/mol. The van der Waals surface area contributed by atoms with Gasteiger partial charge in [-0.25, -0.2) is 0 Å². The van der Waals surface area contributed by atoms with Crippen LogP contribution < -0.4 is 15.3 Å². The second-order valence-corrected chi connectivity index (χ2v) is 21.0. The molecule has 2 aromatic heterocycles. The fourth-order valence-corrected chi connectivity index (χ4v) is 14.2. The van der Waals surface area contributed by atoms with Crippen LogP contribution in [-0.2, 0) is 0 Å². The minimum atomic E-state index is -2.02. The van der Waals surface area contributed by atoms with E-state index in [-0.39, 0.29) is 0 Å². The van der Waals surface area contributed by atoms with Crippen LogP contribution in [0.5, 0.6) is 0 Å². The van der Waals surface area contributed by atoms with Crippen LogP contribution >= 0.6 is 22.7 Å². The van der Waals surface area contributed by atoms with Gasteiger partial charge in [0.05, 0.1) is 5.69 Å². The molecule has 10 aromatic rings. The Labute approximate surface area is 311 Å². The highest BCUT2D eigenvalue weighted by Gasteiger charge is 2.39. The van der Waals surface area contributed by atoms with E-state index in [9.17, 15) is 0 Å². The van der Waals surface area contributed by atoms with Gasteiger partial charge in [0.1, 0.15) is 8.07 Å². The quantitative estimate of drug-likeness (QED) is 0.164. The Bertz CT molecular complexity index is 3080. The van der Waals surface area contributed by atoms with Gasteiger partial charge in [0.15, 0.2) is 0 Å². The number of fused-ring (bicyclic) bond motifs is 11. The lowest BCUT2D eigenvalue weighted by atomic mass is 9.99. The van der Waals surface area contributed by atoms with Crippen LogP contribution in [0.25, 0.3) is 73.4 Å². The van der Waals surface area contributed by atoms with Crippen LogP contribution in [0.3, 0.4) is 0 Å². The Balaban J connectivity index is 1.15. The van der Waals surface area contributed by atoms with E-state index in [0.717, 1.165) is 5.69 Å². The van der Waals surface area contributed by atoms with Gasteiger partial charge in [-0.3, -0.25) is 0 Å². The summed E-state index contributed by atoms with van der Waals surface area (Å²) in [7, 11) is -2.02. The summed E-state index contributed by atoms with van der Waals surface area (Å²) in [4.78, 5) is 2.52. The summed E-state index contributed by atoms with van der Waals surface area (Å²) >= 11 is 3.83. The fourth-order valence-electron chi connectivity index (χ4n) is 8.69. The molecule has 0 saturated heterocycles. The van der Waals surface area contributed by atoms with E-state index in [1.165, 1.54) is 89.9 Å². The number of hydrogen-bond acceptors (Lipinski definition) is 3. The molecule has 52 heavy (non-hydrogen) atoms. The Hall–Kier alpha value is -5.52. The third-order valence-electron chi connectivity index (χ3n) is 11.2. The van der Waals surface area contributed by atoms with Crippen molar-refractivity contribution in [2.24, 2.45) is 0 Å². The summed E-state index contributed by atoms with van der Waals surface area (Å²) in [5, 5.41) is 11.0. The van der Waals surface area contributed by atoms with Gasteiger partial charge in [-0.15, -0.1) is 22.7 Å². The van der Waals surface area contributed by atoms with Gasteiger partial charge in [0.2, 0.25) is 0 Å². The Morgan fingerprint density at radius 1 is 0.462 bits per heavy atom. The van der Waals surface area contributed by atoms with Crippen LogP contribution in [0.2, 0.25) is 13.1 Å². The highest BCUT2D eigenvalue weighted by molar-refractivity contribution is 7.27. The molecule has 0 N–H and O–H groups in total. The van der Waals surface area contributed by atoms with Crippen LogP contribution in [0, 0.1) is 0 Å². The zero-order valence-corrected chi connectivity index (χ0v) is 31.5. The molecular formula is C48H33NS2Si. The molecule has 1 aliphatic heterocycles. The van der Waals surface area contributed by atoms with Gasteiger partial charge in [0, 0.05) is 51.7 Å². The summed E-state index contributed by atoms with van der Waals surface area (Å²) in [6.07, 6.45) is 0. The van der Waals surface area contributed by atoms with Crippen LogP contribution in [0.4, 0.5) is 17.1 Å². The lowest BCUT2D eigenvalue weighted by Crippen LogP contribution is -2.49. The van der Waals surface area contributed by atoms with Crippen molar-refractivity contribution in [2.45, 2.75) is 13.1 Å². The topological polar surface area (TPSA) is 3.24 Å². The summed E-state index contributed by atoms with van der Waals surface area (Å²) in [6.45, 7) is 5.08. The highest BCUT2D eigenvalue weighted by atomic mass is 32.1. The second-order valence-electron chi connectivity index (χ2n) is 14.5. The predicted molar refractivity (Wildman–Crippen MR) is 232 cm³/mol. The molecule has 1 nitrogen and oxygen atoms in total. The molecule has 0 saturated carbocycles. The van der Waals surface area contributed by atoms with Crippen molar-refractivity contribution in [3.63, 3.8) is 0 Å². The van der Waals surface area contributed by atoms with Gasteiger partial charge in [-0.1, -0.05) is 122 Å². The third kappa shape index (κ3) is 4.38. The van der Waals surface area contributed by atoms with Crippen LogP contribution in [0.15, 0.2) is 164 Å². The number of hydrogen-bond donors (Lipinski definition) is 0. The number of benzene rings is 8. The standard InChI is InChI=1S/C48H33NS2Si/c1-52(2)44-26-25-37-36-15-5-7-18-41(36)51-48(37)47(44)39-24-23-35(29-45(39)52)49(40-17-10-20-43-46(40)38-16-6-8-19-42(38)50-43)34-14-9-13-32(28-34)33-22-21-30-11-3-4-12-31(30)27-33/h3-29H,1-2H3. The molecule has 4 heteroatoms. The minimum absolute atomic E-state index is 1.16. The molecule has 246 valence electrons. The maximum atomic E-state index is 2.54. The molecule has 0 aliphatic carbocycles. The number of anilines is 3. The first kappa shape index (κ1) is 30.1. The summed E-state index contributed by atoms with van der Waals surface area (Å²) in [5.41, 5.74) is 8.90. The highest BCUT2D eigenvalue weighted by Crippen LogP contribution is 2.47. The molecule has 0 unspecified atom stereocenters. The van der Waals surface area contributed by atoms with Crippen molar-refractivity contribution >= 4 is 109 Å². The number of rotatable bonds is 4. The molecular weight excluding hydrogens is 683 g/mol. The van der Waals surface area contributed by atoms with E-state index in [4.69, 9.17) is 0 Å². The van der Waals surface area contributed by atoms with Gasteiger partial charge < -0.3 is 4.90 Å². The molecule has 0 amide bonds. The van der Waals surface area contributed by atoms with Crippen molar-refractivity contribution < 1.29 is 0 Å². The Morgan fingerprint density at radius 3 is 2.06 bits per heavy atom. The van der Waals surface area contributed by atoms with E-state index in [0.29, 0.717) is 0 Å². The molecule has 0 radical (unpaired) electrons. The van der Waals surface area contributed by atoms with E-state index >= 15 is 0 Å². The van der Waals surface area contributed by atoms with E-state index in [1.54, 1.807) is 5.19 Å². The number of thiophene rings is 2. The average Bonchev–Trinajstić information content (AvgIpc) is 3.83. The molecule has 1 aliphatic rings. The zero-order valence-electron chi connectivity index (χ0n) is 28.9. The molecule has 0 atom stereocenters. The maximum absolute atomic E-state index is 2.54. The lowest BCUT2D eigenvalue weighted by molar-refractivity contribution is 1.30. The maximum Gasteiger partial charge on any atom is 0.114 e. The monoisotopic (exact) mass is 715 g/mol. The summed E-state index contributed by atoms with van der Waals surface area (Å²) in [6, 6.07) is 61.3. The Morgan fingerprint density at radius 2 is 1.17 bits per heavy atom. The largest absolute Gasteiger partial charge is 0.310 e. The van der Waals surface area contributed by atoms with Crippen molar-refractivity contribution in [3.05, 3.63) is 164 Å². The minimum Gasteiger partial charge on any atom is -0.310 e. The van der Waals surface area contributed by atoms with E-state index in [1.807, 2.05) is 22.7 Å². The molecule has 0 bridgehead atoms. The third-order valence-corrected chi connectivity index (χ3v) is 17.1. The van der Waals surface area contributed by atoms with Crippen molar-refractivity contribution in [3.8, 4) is 22.3 Å². The normalized spacial score (nSPS) is 13.3. The first-order chi connectivity index (χ1) is 25.5. The van der Waals surface area contributed by atoms with Gasteiger partial charge in [-0.05, 0) is 98.0 Å². The SMILES string of the molecule is C[Si]1(C)c2cc(N(c3cccc(-c4ccc5ccccc5c4)c3)c3cccc4sc5ccccc5c34)ccc2-c2c1ccc1c2sc2ccccc21. The molecule has 11 rings (SSSR count). The van der Waals surface area contributed by atoms with Gasteiger partial charge in [-0.2, -0.15) is 0 Å². The molecule has 3 heterocycles. The molecule has 0 fully saturated rings. The molecule has 8 aromatic carbocycles. The Kier molecular flexibility index (Phi) is 6.51. The van der Waals surface area contributed by atoms with Crippen molar-refractivity contribution in [2.75, 3.05) is 4.90 Å². The van der Waals surface area contributed by atoms with E-state index in [2.05, 4.69) is 182 Å². The lowest BCUT2D eigenvalue weighted by Gasteiger charge is -2.29. The predicted octanol–water partition coefficient (Wildman–Crippen LogP) is 13.5. The summed E-state index contributed by atoms with van der Waals surface area (Å²) < 4.78 is 5.43. The van der Waals surface area contributed by atoms with Crippen LogP contribution in [0.1, 0.15) is 0 Å². The first-order valence-electron chi connectivity index (χ1n) is 17.9.